The summed E-state index contributed by atoms with van der Waals surface area (Å²) in [5.74, 6) is 0.875. The fourth-order valence-electron chi connectivity index (χ4n) is 9.52. The maximum absolute atomic E-state index is 6.24. The first kappa shape index (κ1) is 37.3. The molecule has 2 heteroatoms. The lowest BCUT2D eigenvalue weighted by atomic mass is 9.89. The smallest absolute Gasteiger partial charge is 0.135 e. The van der Waals surface area contributed by atoms with Crippen LogP contribution in [0, 0.1) is 0 Å². The minimum atomic E-state index is 0.875. The number of anilines is 3. The second-order valence-electron chi connectivity index (χ2n) is 16.5. The zero-order valence-electron chi connectivity index (χ0n) is 35.0. The predicted octanol–water partition coefficient (Wildman–Crippen LogP) is 17.7. The van der Waals surface area contributed by atoms with E-state index in [1.165, 1.54) is 65.7 Å². The second kappa shape index (κ2) is 15.8. The van der Waals surface area contributed by atoms with Crippen molar-refractivity contribution in [3.8, 4) is 55.8 Å². The zero-order valence-corrected chi connectivity index (χ0v) is 35.0. The van der Waals surface area contributed by atoms with Gasteiger partial charge < -0.3 is 9.32 Å². The van der Waals surface area contributed by atoms with Crippen LogP contribution in [0.1, 0.15) is 0 Å². The molecule has 11 aromatic carbocycles. The molecule has 0 spiro atoms. The van der Waals surface area contributed by atoms with Gasteiger partial charge in [-0.2, -0.15) is 0 Å². The summed E-state index contributed by atoms with van der Waals surface area (Å²) in [7, 11) is 0. The Balaban J connectivity index is 0.961. The number of fused-ring (bicyclic) bond motifs is 5. The lowest BCUT2D eigenvalue weighted by Gasteiger charge is -2.28. The SMILES string of the molecule is c1ccc(-c2ccccc2-c2ccccc2-c2ccc(N(c3ccc4cc(-c5cccc(-c6cc7ccccc7o6)c5)ccc4c3)c3cc4ccccc4c4ccccc34)cc2)cc1. The van der Waals surface area contributed by atoms with Gasteiger partial charge in [0.1, 0.15) is 11.3 Å². The molecule has 64 heavy (non-hydrogen) atoms. The van der Waals surface area contributed by atoms with Crippen molar-refractivity contribution in [2.45, 2.75) is 0 Å². The van der Waals surface area contributed by atoms with E-state index in [0.717, 1.165) is 50.5 Å². The van der Waals surface area contributed by atoms with Crippen molar-refractivity contribution in [1.29, 1.82) is 0 Å². The van der Waals surface area contributed by atoms with E-state index in [0.29, 0.717) is 0 Å². The summed E-state index contributed by atoms with van der Waals surface area (Å²) in [4.78, 5) is 2.43. The van der Waals surface area contributed by atoms with Gasteiger partial charge in [0.15, 0.2) is 0 Å². The normalized spacial score (nSPS) is 11.4. The van der Waals surface area contributed by atoms with E-state index in [9.17, 15) is 0 Å². The van der Waals surface area contributed by atoms with Crippen LogP contribution in [0.25, 0.3) is 99.1 Å². The Kier molecular flexibility index (Phi) is 9.20. The Hall–Kier alpha value is -8.46. The summed E-state index contributed by atoms with van der Waals surface area (Å²) in [5, 5.41) is 8.36. The molecule has 1 heterocycles. The molecule has 12 aromatic rings. The zero-order chi connectivity index (χ0) is 42.4. The topological polar surface area (TPSA) is 16.4 Å². The Morgan fingerprint density at radius 3 is 1.56 bits per heavy atom. The molecule has 0 N–H and O–H groups in total. The van der Waals surface area contributed by atoms with Gasteiger partial charge in [-0.3, -0.25) is 0 Å². The third kappa shape index (κ3) is 6.70. The standard InChI is InChI=1S/C62H41NO/c1-2-15-42(16-3-1)53-21-7-9-24-56(53)57-25-10-8-22-54(57)43-31-34-51(35-32-43)63(60-40-48-17-4-6-23-55(48)58-26-11-12-27-59(58)60)52-36-33-46-37-45(29-30-47(46)39-52)44-19-14-20-49(38-44)62-41-50-18-5-13-28-61(50)64-62/h1-41H. The van der Waals surface area contributed by atoms with Crippen molar-refractivity contribution < 1.29 is 4.42 Å². The molecule has 0 bridgehead atoms. The highest BCUT2D eigenvalue weighted by molar-refractivity contribution is 6.15. The minimum Gasteiger partial charge on any atom is -0.456 e. The number of furan rings is 1. The quantitative estimate of drug-likeness (QED) is 0.142. The number of benzene rings is 11. The van der Waals surface area contributed by atoms with Gasteiger partial charge in [-0.25, -0.2) is 0 Å². The fourth-order valence-corrected chi connectivity index (χ4v) is 9.52. The summed E-state index contributed by atoms with van der Waals surface area (Å²) < 4.78 is 6.24. The maximum atomic E-state index is 6.24. The van der Waals surface area contributed by atoms with Gasteiger partial charge in [-0.1, -0.05) is 194 Å². The molecule has 0 amide bonds. The van der Waals surface area contributed by atoms with Crippen LogP contribution in [0.5, 0.6) is 0 Å². The van der Waals surface area contributed by atoms with Crippen molar-refractivity contribution in [2.24, 2.45) is 0 Å². The highest BCUT2D eigenvalue weighted by atomic mass is 16.3. The molecule has 0 aliphatic rings. The summed E-state index contributed by atoms with van der Waals surface area (Å²) >= 11 is 0. The van der Waals surface area contributed by atoms with Crippen LogP contribution in [-0.4, -0.2) is 0 Å². The van der Waals surface area contributed by atoms with Crippen LogP contribution in [0.4, 0.5) is 17.1 Å². The molecule has 0 atom stereocenters. The van der Waals surface area contributed by atoms with E-state index in [4.69, 9.17) is 4.42 Å². The number of hydrogen-bond donors (Lipinski definition) is 0. The molecule has 0 unspecified atom stereocenters. The molecule has 1 aromatic heterocycles. The lowest BCUT2D eigenvalue weighted by Crippen LogP contribution is -2.10. The van der Waals surface area contributed by atoms with Gasteiger partial charge in [-0.05, 0) is 126 Å². The Morgan fingerprint density at radius 1 is 0.266 bits per heavy atom. The Morgan fingerprint density at radius 2 is 0.797 bits per heavy atom. The van der Waals surface area contributed by atoms with Crippen molar-refractivity contribution in [3.63, 3.8) is 0 Å². The van der Waals surface area contributed by atoms with Gasteiger partial charge in [-0.15, -0.1) is 0 Å². The summed E-state index contributed by atoms with van der Waals surface area (Å²) in [6.07, 6.45) is 0. The third-order valence-electron chi connectivity index (χ3n) is 12.6. The fraction of sp³-hybridized carbons (Fsp3) is 0. The lowest BCUT2D eigenvalue weighted by molar-refractivity contribution is 0.631. The number of nitrogens with zero attached hydrogens (tertiary/aromatic N) is 1. The number of rotatable bonds is 8. The van der Waals surface area contributed by atoms with E-state index in [1.807, 2.05) is 18.2 Å². The van der Waals surface area contributed by atoms with E-state index in [2.05, 4.69) is 235 Å². The monoisotopic (exact) mass is 815 g/mol. The molecular weight excluding hydrogens is 775 g/mol. The van der Waals surface area contributed by atoms with Crippen LogP contribution in [0.2, 0.25) is 0 Å². The van der Waals surface area contributed by atoms with Gasteiger partial charge in [0.25, 0.3) is 0 Å². The largest absolute Gasteiger partial charge is 0.456 e. The average molecular weight is 816 g/mol. The van der Waals surface area contributed by atoms with Crippen molar-refractivity contribution >= 4 is 60.3 Å². The van der Waals surface area contributed by atoms with Gasteiger partial charge in [0, 0.05) is 27.7 Å². The molecule has 0 aliphatic heterocycles. The van der Waals surface area contributed by atoms with E-state index >= 15 is 0 Å². The van der Waals surface area contributed by atoms with Crippen LogP contribution in [0.15, 0.2) is 253 Å². The molecule has 12 rings (SSSR count). The molecule has 0 fully saturated rings. The third-order valence-corrected chi connectivity index (χ3v) is 12.6. The molecular formula is C62H41NO. The van der Waals surface area contributed by atoms with Gasteiger partial charge in [0.05, 0.1) is 5.69 Å². The summed E-state index contributed by atoms with van der Waals surface area (Å²) in [6.45, 7) is 0. The van der Waals surface area contributed by atoms with Crippen LogP contribution in [-0.2, 0) is 0 Å². The predicted molar refractivity (Wildman–Crippen MR) is 271 cm³/mol. The molecule has 300 valence electrons. The Labute approximate surface area is 372 Å². The first-order valence-electron chi connectivity index (χ1n) is 21.9. The average Bonchev–Trinajstić information content (AvgIpc) is 3.82. The van der Waals surface area contributed by atoms with Crippen LogP contribution in [0.3, 0.4) is 0 Å². The molecule has 0 saturated heterocycles. The maximum Gasteiger partial charge on any atom is 0.135 e. The van der Waals surface area contributed by atoms with Crippen molar-refractivity contribution in [1.82, 2.24) is 0 Å². The molecule has 0 saturated carbocycles. The van der Waals surface area contributed by atoms with Gasteiger partial charge >= 0.3 is 0 Å². The molecule has 2 nitrogen and oxygen atoms in total. The van der Waals surface area contributed by atoms with Crippen LogP contribution >= 0.6 is 0 Å². The van der Waals surface area contributed by atoms with Gasteiger partial charge in [0.2, 0.25) is 0 Å². The first-order chi connectivity index (χ1) is 31.7. The van der Waals surface area contributed by atoms with E-state index in [1.54, 1.807) is 0 Å². The number of hydrogen-bond acceptors (Lipinski definition) is 2. The van der Waals surface area contributed by atoms with E-state index in [-0.39, 0.29) is 0 Å². The first-order valence-corrected chi connectivity index (χ1v) is 21.9. The number of para-hydroxylation sites is 1. The molecule has 0 aliphatic carbocycles. The Bertz CT molecular complexity index is 3640. The highest BCUT2D eigenvalue weighted by Crippen LogP contribution is 2.45. The van der Waals surface area contributed by atoms with Crippen molar-refractivity contribution in [2.75, 3.05) is 4.90 Å². The molecule has 0 radical (unpaired) electrons. The van der Waals surface area contributed by atoms with Crippen molar-refractivity contribution in [3.05, 3.63) is 249 Å². The minimum absolute atomic E-state index is 0.875. The second-order valence-corrected chi connectivity index (χ2v) is 16.5. The summed E-state index contributed by atoms with van der Waals surface area (Å²) in [5.41, 5.74) is 14.8. The summed E-state index contributed by atoms with van der Waals surface area (Å²) in [6, 6.07) is 89.8. The van der Waals surface area contributed by atoms with Crippen LogP contribution < -0.4 is 4.90 Å². The van der Waals surface area contributed by atoms with E-state index < -0.39 is 0 Å². The highest BCUT2D eigenvalue weighted by Gasteiger charge is 2.19.